The molecule has 1 aliphatic rings. The Morgan fingerprint density at radius 3 is 1.95 bits per heavy atom. The second-order valence-corrected chi connectivity index (χ2v) is 14.8. The molecule has 1 saturated heterocycles. The second-order valence-electron chi connectivity index (χ2n) is 13.7. The summed E-state index contributed by atoms with van der Waals surface area (Å²) in [6.07, 6.45) is 3.16. The van der Waals surface area contributed by atoms with Crippen molar-refractivity contribution in [2.75, 3.05) is 54.6 Å². The predicted octanol–water partition coefficient (Wildman–Crippen LogP) is 8.52. The first kappa shape index (κ1) is 39.6. The summed E-state index contributed by atoms with van der Waals surface area (Å²) >= 11 is 1.70. The molecule has 4 atom stereocenters. The number of nitrogens with zero attached hydrogens (tertiary/aromatic N) is 3. The molecule has 10 nitrogen and oxygen atoms in total. The van der Waals surface area contributed by atoms with Gasteiger partial charge < -0.3 is 28.4 Å². The van der Waals surface area contributed by atoms with Crippen molar-refractivity contribution in [2.45, 2.75) is 52.0 Å². The average Bonchev–Trinajstić information content (AvgIpc) is 3.66. The van der Waals surface area contributed by atoms with E-state index in [1.807, 2.05) is 42.5 Å². The molecule has 0 amide bonds. The molecule has 5 aromatic rings. The van der Waals surface area contributed by atoms with Crippen molar-refractivity contribution in [3.05, 3.63) is 96.1 Å². The highest BCUT2D eigenvalue weighted by atomic mass is 32.1. The number of carbonyl (C=O) groups excluding carboxylic acids is 1. The van der Waals surface area contributed by atoms with Crippen LogP contribution in [-0.4, -0.2) is 99.5 Å². The Balaban J connectivity index is 1.03. The second kappa shape index (κ2) is 18.0. The summed E-state index contributed by atoms with van der Waals surface area (Å²) in [5.41, 5.74) is 3.31. The van der Waals surface area contributed by atoms with Gasteiger partial charge in [-0.15, -0.1) is 11.3 Å². The molecule has 1 aliphatic heterocycles. The number of ketones is 1. The SMILES string of the molecule is COc1ccc(C=CC(=O)c2cc(OC)c(OC)c(OC)c2)cc1OC(C)C(C)N1CCN(C(C)C(C)Oc2cccc(-c3nc4ccccc4s3)c2)CC1. The van der Waals surface area contributed by atoms with Gasteiger partial charge in [0.15, 0.2) is 28.8 Å². The maximum Gasteiger partial charge on any atom is 0.203 e. The fourth-order valence-corrected chi connectivity index (χ4v) is 7.80. The van der Waals surface area contributed by atoms with E-state index in [-0.39, 0.29) is 30.1 Å². The van der Waals surface area contributed by atoms with Gasteiger partial charge in [0, 0.05) is 49.4 Å². The summed E-state index contributed by atoms with van der Waals surface area (Å²) in [6, 6.07) is 25.8. The van der Waals surface area contributed by atoms with Gasteiger partial charge >= 0.3 is 0 Å². The van der Waals surface area contributed by atoms with E-state index in [1.54, 1.807) is 36.7 Å². The summed E-state index contributed by atoms with van der Waals surface area (Å²) in [5.74, 6) is 3.17. The Bertz CT molecular complexity index is 2050. The van der Waals surface area contributed by atoms with Crippen molar-refractivity contribution in [3.8, 4) is 45.1 Å². The van der Waals surface area contributed by atoms with Crippen LogP contribution in [0.25, 0.3) is 26.9 Å². The van der Waals surface area contributed by atoms with Crippen LogP contribution >= 0.6 is 11.3 Å². The van der Waals surface area contributed by atoms with E-state index in [4.69, 9.17) is 33.4 Å². The Hall–Kier alpha value is -5.10. The van der Waals surface area contributed by atoms with Gasteiger partial charge in [0.25, 0.3) is 0 Å². The quantitative estimate of drug-likeness (QED) is 0.0720. The number of allylic oxidation sites excluding steroid dienone is 1. The van der Waals surface area contributed by atoms with Gasteiger partial charge in [-0.25, -0.2) is 4.98 Å². The van der Waals surface area contributed by atoms with Crippen LogP contribution in [0.15, 0.2) is 84.9 Å². The van der Waals surface area contributed by atoms with Crippen LogP contribution < -0.4 is 28.4 Å². The van der Waals surface area contributed by atoms with Crippen LogP contribution in [-0.2, 0) is 0 Å². The Morgan fingerprint density at radius 1 is 0.691 bits per heavy atom. The zero-order valence-electron chi connectivity index (χ0n) is 32.9. The molecule has 55 heavy (non-hydrogen) atoms. The number of rotatable bonds is 16. The monoisotopic (exact) mass is 765 g/mol. The minimum absolute atomic E-state index is 0.00259. The highest BCUT2D eigenvalue weighted by Gasteiger charge is 2.30. The molecular formula is C44H51N3O7S. The summed E-state index contributed by atoms with van der Waals surface area (Å²) < 4.78 is 36.1. The van der Waals surface area contributed by atoms with Crippen LogP contribution in [0, 0.1) is 0 Å². The lowest BCUT2D eigenvalue weighted by Gasteiger charge is -2.43. The predicted molar refractivity (Wildman–Crippen MR) is 220 cm³/mol. The number of aromatic nitrogens is 1. The highest BCUT2D eigenvalue weighted by molar-refractivity contribution is 7.21. The van der Waals surface area contributed by atoms with Gasteiger partial charge in [-0.2, -0.15) is 0 Å². The van der Waals surface area contributed by atoms with Gasteiger partial charge in [-0.3, -0.25) is 14.6 Å². The first-order chi connectivity index (χ1) is 26.6. The fourth-order valence-electron chi connectivity index (χ4n) is 6.84. The first-order valence-corrected chi connectivity index (χ1v) is 19.4. The van der Waals surface area contributed by atoms with E-state index in [9.17, 15) is 4.79 Å². The third-order valence-corrected chi connectivity index (χ3v) is 11.5. The molecular weight excluding hydrogens is 715 g/mol. The number of para-hydroxylation sites is 1. The van der Waals surface area contributed by atoms with Crippen LogP contribution in [0.2, 0.25) is 0 Å². The number of hydrogen-bond acceptors (Lipinski definition) is 11. The molecule has 2 heterocycles. The van der Waals surface area contributed by atoms with Gasteiger partial charge in [-0.1, -0.05) is 36.4 Å². The molecule has 0 N–H and O–H groups in total. The Kier molecular flexibility index (Phi) is 13.0. The number of benzene rings is 4. The molecule has 4 unspecified atom stereocenters. The molecule has 0 spiro atoms. The van der Waals surface area contributed by atoms with Crippen molar-refractivity contribution in [2.24, 2.45) is 0 Å². The lowest BCUT2D eigenvalue weighted by molar-refractivity contribution is 0.0119. The molecule has 0 aliphatic carbocycles. The Morgan fingerprint density at radius 2 is 1.33 bits per heavy atom. The number of thiazole rings is 1. The normalized spacial score (nSPS) is 16.0. The minimum Gasteiger partial charge on any atom is -0.493 e. The van der Waals surface area contributed by atoms with Crippen molar-refractivity contribution >= 4 is 33.4 Å². The van der Waals surface area contributed by atoms with Crippen molar-refractivity contribution in [1.29, 1.82) is 0 Å². The van der Waals surface area contributed by atoms with E-state index >= 15 is 0 Å². The Labute approximate surface area is 328 Å². The summed E-state index contributed by atoms with van der Waals surface area (Å²) in [4.78, 5) is 23.0. The molecule has 11 heteroatoms. The van der Waals surface area contributed by atoms with E-state index in [2.05, 4.69) is 61.8 Å². The summed E-state index contributed by atoms with van der Waals surface area (Å²) in [6.45, 7) is 12.4. The third kappa shape index (κ3) is 9.24. The molecule has 0 bridgehead atoms. The van der Waals surface area contributed by atoms with Crippen LogP contribution in [0.4, 0.5) is 0 Å². The maximum absolute atomic E-state index is 13.2. The highest BCUT2D eigenvalue weighted by Crippen LogP contribution is 2.39. The topological polar surface area (TPSA) is 91.8 Å². The van der Waals surface area contributed by atoms with Crippen LogP contribution in [0.5, 0.6) is 34.5 Å². The van der Waals surface area contributed by atoms with Gasteiger partial charge in [-0.05, 0) is 87.9 Å². The smallest absolute Gasteiger partial charge is 0.203 e. The number of carbonyl (C=O) groups is 1. The minimum atomic E-state index is -0.205. The number of ether oxygens (including phenoxy) is 6. The summed E-state index contributed by atoms with van der Waals surface area (Å²) in [5, 5.41) is 0.999. The van der Waals surface area contributed by atoms with E-state index < -0.39 is 0 Å². The zero-order valence-corrected chi connectivity index (χ0v) is 33.7. The lowest BCUT2D eigenvalue weighted by atomic mass is 10.1. The number of fused-ring (bicyclic) bond motifs is 1. The maximum atomic E-state index is 13.2. The third-order valence-electron chi connectivity index (χ3n) is 10.4. The molecule has 1 fully saturated rings. The summed E-state index contributed by atoms with van der Waals surface area (Å²) in [7, 11) is 6.20. The lowest BCUT2D eigenvalue weighted by Crippen LogP contribution is -2.56. The largest absolute Gasteiger partial charge is 0.493 e. The van der Waals surface area contributed by atoms with E-state index in [1.165, 1.54) is 32.1 Å². The van der Waals surface area contributed by atoms with Gasteiger partial charge in [0.1, 0.15) is 23.0 Å². The molecule has 6 rings (SSSR count). The molecule has 4 aromatic carbocycles. The number of methoxy groups -OCH3 is 4. The van der Waals surface area contributed by atoms with Gasteiger partial charge in [0.2, 0.25) is 5.75 Å². The average molecular weight is 766 g/mol. The van der Waals surface area contributed by atoms with Gasteiger partial charge in [0.05, 0.1) is 38.7 Å². The van der Waals surface area contributed by atoms with Crippen LogP contribution in [0.3, 0.4) is 0 Å². The van der Waals surface area contributed by atoms with Crippen molar-refractivity contribution in [3.63, 3.8) is 0 Å². The van der Waals surface area contributed by atoms with Crippen molar-refractivity contribution in [1.82, 2.24) is 14.8 Å². The molecule has 0 radical (unpaired) electrons. The number of piperazine rings is 1. The first-order valence-electron chi connectivity index (χ1n) is 18.6. The molecule has 290 valence electrons. The number of hydrogen-bond donors (Lipinski definition) is 0. The molecule has 1 aromatic heterocycles. The zero-order chi connectivity index (χ0) is 39.1. The van der Waals surface area contributed by atoms with E-state index in [0.717, 1.165) is 53.6 Å². The van der Waals surface area contributed by atoms with Crippen molar-refractivity contribution < 1.29 is 33.2 Å². The molecule has 0 saturated carbocycles. The van der Waals surface area contributed by atoms with E-state index in [0.29, 0.717) is 34.3 Å². The fraction of sp³-hybridized carbons (Fsp3) is 0.364. The standard InChI is InChI=1S/C44H51N3O7S/c1-28(30(3)53-35-13-11-12-33(25-35)44-45-36-14-9-10-15-42(36)55-44)46-20-22-47(23-21-46)29(2)31(4)54-39-24-32(17-19-38(39)49-5)16-18-37(48)34-26-40(50-6)43(52-8)41(27-34)51-7/h9-19,24-31H,20-23H2,1-8H3. The van der Waals surface area contributed by atoms with Crippen LogP contribution in [0.1, 0.15) is 43.6 Å².